The van der Waals surface area contributed by atoms with Gasteiger partial charge in [-0.3, -0.25) is 0 Å². The van der Waals surface area contributed by atoms with E-state index in [9.17, 15) is 0 Å². The summed E-state index contributed by atoms with van der Waals surface area (Å²) in [6.45, 7) is 0. The van der Waals surface area contributed by atoms with Gasteiger partial charge >= 0.3 is 0 Å². The van der Waals surface area contributed by atoms with Crippen molar-refractivity contribution in [2.24, 2.45) is 0 Å². The largest absolute Gasteiger partial charge is 0.457 e. The number of ether oxygens (including phenoxy) is 1. The fourth-order valence-corrected chi connectivity index (χ4v) is 9.65. The van der Waals surface area contributed by atoms with E-state index >= 15 is 0 Å². The highest BCUT2D eigenvalue weighted by Gasteiger charge is 2.51. The molecule has 0 fully saturated rings. The third kappa shape index (κ3) is 3.77. The Kier molecular flexibility index (Phi) is 5.73. The second kappa shape index (κ2) is 10.6. The first-order valence-corrected chi connectivity index (χ1v) is 18.3. The van der Waals surface area contributed by atoms with Crippen molar-refractivity contribution in [2.75, 3.05) is 0 Å². The van der Waals surface area contributed by atoms with Gasteiger partial charge in [0, 0.05) is 33.0 Å². The Morgan fingerprint density at radius 3 is 1.75 bits per heavy atom. The van der Waals surface area contributed by atoms with Gasteiger partial charge in [-0.25, -0.2) is 0 Å². The molecule has 1 aromatic heterocycles. The highest BCUT2D eigenvalue weighted by Crippen LogP contribution is 2.62. The van der Waals surface area contributed by atoms with Crippen LogP contribution in [0.1, 0.15) is 22.3 Å². The van der Waals surface area contributed by atoms with Gasteiger partial charge in [0.1, 0.15) is 11.5 Å². The Bertz CT molecular complexity index is 3100. The molecule has 0 atom stereocenters. The van der Waals surface area contributed by atoms with Gasteiger partial charge in [-0.1, -0.05) is 152 Å². The molecule has 0 amide bonds. The van der Waals surface area contributed by atoms with E-state index in [0.717, 1.165) is 22.7 Å². The van der Waals surface area contributed by atoms with Crippen LogP contribution in [0.5, 0.6) is 11.5 Å². The standard InChI is InChI=1S/C51H31NO/c1-3-13-37-33(11-1)24-29-46-49(37)41-28-23-34-12-2-4-14-38(34)50(41)52(46)36-26-21-32(22-27-36)35-25-30-48-45(31-35)51(44-19-9-10-20-47(44)53-48)42-17-7-5-15-39(42)40-16-6-8-18-43(40)51/h1-31H. The minimum Gasteiger partial charge on any atom is -0.457 e. The van der Waals surface area contributed by atoms with Crippen molar-refractivity contribution < 1.29 is 4.74 Å². The van der Waals surface area contributed by atoms with Gasteiger partial charge < -0.3 is 9.30 Å². The lowest BCUT2D eigenvalue weighted by atomic mass is 9.66. The van der Waals surface area contributed by atoms with E-state index in [-0.39, 0.29) is 0 Å². The molecule has 0 N–H and O–H groups in total. The molecule has 2 heteroatoms. The van der Waals surface area contributed by atoms with Crippen LogP contribution in [0.15, 0.2) is 188 Å². The van der Waals surface area contributed by atoms with Crippen LogP contribution in [0.4, 0.5) is 0 Å². The maximum atomic E-state index is 6.70. The molecule has 2 nitrogen and oxygen atoms in total. The predicted molar refractivity (Wildman–Crippen MR) is 219 cm³/mol. The molecule has 0 bridgehead atoms. The molecular formula is C51H31NO. The molecule has 2 heterocycles. The van der Waals surface area contributed by atoms with E-state index in [1.165, 1.54) is 82.3 Å². The number of aromatic nitrogens is 1. The molecule has 12 rings (SSSR count). The van der Waals surface area contributed by atoms with Gasteiger partial charge in [0.2, 0.25) is 0 Å². The molecule has 1 spiro atoms. The van der Waals surface area contributed by atoms with E-state index in [2.05, 4.69) is 193 Å². The van der Waals surface area contributed by atoms with Crippen molar-refractivity contribution in [3.05, 3.63) is 210 Å². The number of rotatable bonds is 2. The van der Waals surface area contributed by atoms with Gasteiger partial charge in [0.05, 0.1) is 16.4 Å². The molecule has 0 radical (unpaired) electrons. The van der Waals surface area contributed by atoms with E-state index in [1.54, 1.807) is 0 Å². The minimum atomic E-state index is -0.486. The molecule has 0 unspecified atom stereocenters. The van der Waals surface area contributed by atoms with Crippen molar-refractivity contribution in [3.63, 3.8) is 0 Å². The average Bonchev–Trinajstić information content (AvgIpc) is 3.73. The number of para-hydroxylation sites is 1. The van der Waals surface area contributed by atoms with Crippen molar-refractivity contribution in [1.29, 1.82) is 0 Å². The lowest BCUT2D eigenvalue weighted by Gasteiger charge is -2.39. The van der Waals surface area contributed by atoms with Gasteiger partial charge in [0.15, 0.2) is 0 Å². The zero-order chi connectivity index (χ0) is 34.7. The van der Waals surface area contributed by atoms with E-state index in [1.807, 2.05) is 0 Å². The zero-order valence-electron chi connectivity index (χ0n) is 28.8. The van der Waals surface area contributed by atoms with Crippen molar-refractivity contribution >= 4 is 43.4 Å². The zero-order valence-corrected chi connectivity index (χ0v) is 28.8. The topological polar surface area (TPSA) is 14.2 Å². The fraction of sp³-hybridized carbons (Fsp3) is 0.0196. The summed E-state index contributed by atoms with van der Waals surface area (Å²) < 4.78 is 9.16. The van der Waals surface area contributed by atoms with E-state index in [0.29, 0.717) is 0 Å². The SMILES string of the molecule is c1ccc2c(c1)Oc1ccc(-c3ccc(-n4c5ccc6ccccc6c5c5ccc6ccccc6c54)cc3)cc1C21c2ccccc2-c2ccccc21. The minimum absolute atomic E-state index is 0.486. The maximum absolute atomic E-state index is 6.70. The van der Waals surface area contributed by atoms with Crippen LogP contribution in [-0.4, -0.2) is 4.57 Å². The molecule has 0 saturated carbocycles. The predicted octanol–water partition coefficient (Wildman–Crippen LogP) is 13.2. The summed E-state index contributed by atoms with van der Waals surface area (Å²) in [6.07, 6.45) is 0. The third-order valence-electron chi connectivity index (χ3n) is 11.8. The van der Waals surface area contributed by atoms with Crippen LogP contribution in [-0.2, 0) is 5.41 Å². The number of hydrogen-bond acceptors (Lipinski definition) is 1. The summed E-state index contributed by atoms with van der Waals surface area (Å²) in [5, 5.41) is 7.61. The third-order valence-corrected chi connectivity index (χ3v) is 11.8. The Labute approximate surface area is 306 Å². The first-order chi connectivity index (χ1) is 26.3. The fourth-order valence-electron chi connectivity index (χ4n) is 9.65. The van der Waals surface area contributed by atoms with Crippen LogP contribution in [0.3, 0.4) is 0 Å². The Hall–Kier alpha value is -6.90. The van der Waals surface area contributed by atoms with Gasteiger partial charge in [-0.2, -0.15) is 0 Å². The molecule has 246 valence electrons. The lowest BCUT2D eigenvalue weighted by molar-refractivity contribution is 0.436. The second-order valence-corrected chi connectivity index (χ2v) is 14.4. The Morgan fingerprint density at radius 2 is 0.981 bits per heavy atom. The van der Waals surface area contributed by atoms with Crippen LogP contribution in [0, 0.1) is 0 Å². The van der Waals surface area contributed by atoms with Gasteiger partial charge in [0.25, 0.3) is 0 Å². The normalized spacial score (nSPS) is 13.6. The van der Waals surface area contributed by atoms with Crippen LogP contribution in [0.2, 0.25) is 0 Å². The maximum Gasteiger partial charge on any atom is 0.132 e. The molecule has 0 saturated heterocycles. The Balaban J connectivity index is 1.07. The molecule has 2 aliphatic rings. The van der Waals surface area contributed by atoms with E-state index in [4.69, 9.17) is 4.74 Å². The van der Waals surface area contributed by atoms with Crippen molar-refractivity contribution in [2.45, 2.75) is 5.41 Å². The smallest absolute Gasteiger partial charge is 0.132 e. The summed E-state index contributed by atoms with van der Waals surface area (Å²) >= 11 is 0. The summed E-state index contributed by atoms with van der Waals surface area (Å²) in [6, 6.07) is 68.9. The highest BCUT2D eigenvalue weighted by atomic mass is 16.5. The van der Waals surface area contributed by atoms with Crippen LogP contribution in [0.25, 0.3) is 71.3 Å². The Morgan fingerprint density at radius 1 is 0.396 bits per heavy atom. The first-order valence-electron chi connectivity index (χ1n) is 18.3. The summed E-state index contributed by atoms with van der Waals surface area (Å²) in [5.74, 6) is 1.81. The second-order valence-electron chi connectivity index (χ2n) is 14.4. The highest BCUT2D eigenvalue weighted by molar-refractivity contribution is 6.26. The molecule has 1 aliphatic heterocycles. The van der Waals surface area contributed by atoms with Gasteiger partial charge in [-0.15, -0.1) is 0 Å². The molecule has 10 aromatic rings. The van der Waals surface area contributed by atoms with E-state index < -0.39 is 5.41 Å². The number of hydrogen-bond donors (Lipinski definition) is 0. The van der Waals surface area contributed by atoms with Crippen LogP contribution < -0.4 is 4.74 Å². The van der Waals surface area contributed by atoms with Crippen molar-refractivity contribution in [3.8, 4) is 39.4 Å². The molecule has 53 heavy (non-hydrogen) atoms. The lowest BCUT2D eigenvalue weighted by Crippen LogP contribution is -2.32. The monoisotopic (exact) mass is 673 g/mol. The van der Waals surface area contributed by atoms with Crippen LogP contribution >= 0.6 is 0 Å². The quantitative estimate of drug-likeness (QED) is 0.178. The number of fused-ring (bicyclic) bond motifs is 16. The van der Waals surface area contributed by atoms with Gasteiger partial charge in [-0.05, 0) is 85.9 Å². The summed E-state index contributed by atoms with van der Waals surface area (Å²) in [5.41, 5.74) is 13.0. The average molecular weight is 674 g/mol. The molecule has 9 aromatic carbocycles. The number of benzene rings is 9. The first kappa shape index (κ1) is 28.8. The summed E-state index contributed by atoms with van der Waals surface area (Å²) in [7, 11) is 0. The van der Waals surface area contributed by atoms with Crippen molar-refractivity contribution in [1.82, 2.24) is 4.57 Å². The molecular weight excluding hydrogens is 643 g/mol. The number of nitrogens with zero attached hydrogens (tertiary/aromatic N) is 1. The summed E-state index contributed by atoms with van der Waals surface area (Å²) in [4.78, 5) is 0. The molecule has 1 aliphatic carbocycles.